The van der Waals surface area contributed by atoms with Crippen LogP contribution in [0.15, 0.2) is 12.1 Å². The molecule has 1 aromatic carbocycles. The zero-order chi connectivity index (χ0) is 15.4. The lowest BCUT2D eigenvalue weighted by atomic mass is 10.1. The van der Waals surface area contributed by atoms with E-state index in [-0.39, 0.29) is 28.5 Å². The molecule has 1 rings (SSSR count). The van der Waals surface area contributed by atoms with Crippen LogP contribution in [-0.4, -0.2) is 22.4 Å². The van der Waals surface area contributed by atoms with E-state index in [2.05, 4.69) is 5.32 Å². The third-order valence-corrected chi connectivity index (χ3v) is 3.12. The first-order valence-corrected chi connectivity index (χ1v) is 6.20. The highest BCUT2D eigenvalue weighted by molar-refractivity contribution is 5.96. The van der Waals surface area contributed by atoms with Crippen molar-refractivity contribution in [1.82, 2.24) is 5.32 Å². The molecule has 8 nitrogen and oxygen atoms in total. The number of rotatable bonds is 5. The Morgan fingerprint density at radius 3 is 2.10 bits per heavy atom. The van der Waals surface area contributed by atoms with Crippen molar-refractivity contribution in [3.63, 3.8) is 0 Å². The van der Waals surface area contributed by atoms with Crippen LogP contribution in [0, 0.1) is 17.3 Å². The van der Waals surface area contributed by atoms with E-state index in [0.717, 1.165) is 6.42 Å². The van der Waals surface area contributed by atoms with E-state index in [1.165, 1.54) is 19.1 Å². The van der Waals surface area contributed by atoms with Gasteiger partial charge in [0.05, 0.1) is 11.1 Å². The van der Waals surface area contributed by atoms with Gasteiger partial charge in [-0.15, -0.1) is 0 Å². The van der Waals surface area contributed by atoms with Crippen LogP contribution in [0.4, 0.5) is 11.4 Å². The van der Waals surface area contributed by atoms with Gasteiger partial charge in [0.1, 0.15) is 0 Å². The molecule has 112 valence electrons. The quantitative estimate of drug-likeness (QED) is 0.459. The molecule has 0 saturated carbocycles. The van der Waals surface area contributed by atoms with E-state index in [0.29, 0.717) is 0 Å². The molecule has 0 aromatic heterocycles. The van der Waals surface area contributed by atoms with Gasteiger partial charge in [0, 0.05) is 18.2 Å². The van der Waals surface area contributed by atoms with E-state index in [9.17, 15) is 15.2 Å². The Morgan fingerprint density at radius 2 is 1.75 bits per heavy atom. The van der Waals surface area contributed by atoms with Gasteiger partial charge in [-0.2, -0.15) is 10.5 Å². The molecule has 0 spiro atoms. The highest BCUT2D eigenvalue weighted by atomic mass is 16.8. The van der Waals surface area contributed by atoms with Gasteiger partial charge in [-0.1, -0.05) is 6.92 Å². The number of hydrogen-bond donors (Lipinski definition) is 5. The number of amides is 1. The Labute approximate surface area is 116 Å². The summed E-state index contributed by atoms with van der Waals surface area (Å²) in [5.74, 6) is -0.482. The summed E-state index contributed by atoms with van der Waals surface area (Å²) in [5.41, 5.74) is -0.200. The fraction of sp³-hybridized carbons (Fsp3) is 0.417. The highest BCUT2D eigenvalue weighted by Crippen LogP contribution is 2.20. The molecule has 2 unspecified atom stereocenters. The summed E-state index contributed by atoms with van der Waals surface area (Å²) in [6.45, 7) is 5.11. The molecule has 1 aromatic rings. The zero-order valence-corrected chi connectivity index (χ0v) is 11.6. The monoisotopic (exact) mass is 285 g/mol. The van der Waals surface area contributed by atoms with E-state index in [1.807, 2.05) is 13.8 Å². The third-order valence-electron chi connectivity index (χ3n) is 3.12. The van der Waals surface area contributed by atoms with Crippen molar-refractivity contribution in [2.45, 2.75) is 33.2 Å². The topological polar surface area (TPSA) is 125 Å². The molecule has 0 heterocycles. The normalized spacial score (nSPS) is 15.6. The first-order chi connectivity index (χ1) is 9.27. The molecule has 0 aliphatic rings. The maximum Gasteiger partial charge on any atom is 0.251 e. The Hall–Kier alpha value is -1.55. The molecule has 3 atom stereocenters. The first-order valence-electron chi connectivity index (χ1n) is 6.20. The van der Waals surface area contributed by atoms with Gasteiger partial charge in [0.25, 0.3) is 5.91 Å². The molecule has 0 saturated heterocycles. The average Bonchev–Trinajstić information content (AvgIpc) is 2.37. The van der Waals surface area contributed by atoms with E-state index < -0.39 is 16.4 Å². The molecule has 0 aliphatic carbocycles. The maximum absolute atomic E-state index is 12.0. The molecule has 5 N–H and O–H groups in total. The van der Waals surface area contributed by atoms with E-state index in [1.54, 1.807) is 0 Å². The molecule has 0 fully saturated rings. The lowest BCUT2D eigenvalue weighted by Crippen LogP contribution is -3.01. The van der Waals surface area contributed by atoms with Crippen LogP contribution in [0.1, 0.15) is 36.2 Å². The van der Waals surface area contributed by atoms with Gasteiger partial charge < -0.3 is 15.7 Å². The molecule has 0 bridgehead atoms. The Balaban J connectivity index is 3.24. The fourth-order valence-electron chi connectivity index (χ4n) is 1.70. The molecule has 0 radical (unpaired) electrons. The minimum absolute atomic E-state index is 0.0331. The summed E-state index contributed by atoms with van der Waals surface area (Å²) < 4.78 is 0. The highest BCUT2D eigenvalue weighted by Gasteiger charge is 2.20. The van der Waals surface area contributed by atoms with Gasteiger partial charge >= 0.3 is 0 Å². The summed E-state index contributed by atoms with van der Waals surface area (Å²) in [6, 6.07) is 2.31. The SMILES string of the molecule is CC[C@H](C)NC(=O)c1cc([NH+]([O-])O)c(C)c([NH+]([O-])O)c1. The van der Waals surface area contributed by atoms with Gasteiger partial charge in [0.2, 0.25) is 0 Å². The summed E-state index contributed by atoms with van der Waals surface area (Å²) >= 11 is 0. The zero-order valence-electron chi connectivity index (χ0n) is 11.6. The average molecular weight is 285 g/mol. The largest absolute Gasteiger partial charge is 0.595 e. The number of benzene rings is 1. The van der Waals surface area contributed by atoms with Crippen LogP contribution < -0.4 is 15.8 Å². The number of carbonyl (C=O) groups is 1. The molecule has 20 heavy (non-hydrogen) atoms. The van der Waals surface area contributed by atoms with Gasteiger partial charge in [-0.25, -0.2) is 10.4 Å². The second-order valence-corrected chi connectivity index (χ2v) is 4.59. The van der Waals surface area contributed by atoms with Gasteiger partial charge in [-0.3, -0.25) is 4.79 Å². The van der Waals surface area contributed by atoms with Crippen LogP contribution in [0.5, 0.6) is 0 Å². The van der Waals surface area contributed by atoms with Crippen molar-refractivity contribution in [2.75, 3.05) is 0 Å². The van der Waals surface area contributed by atoms with Crippen molar-refractivity contribution in [3.8, 4) is 0 Å². The molecular weight excluding hydrogens is 266 g/mol. The number of quaternary nitrogens is 2. The van der Waals surface area contributed by atoms with Crippen molar-refractivity contribution in [2.24, 2.45) is 0 Å². The van der Waals surface area contributed by atoms with Crippen LogP contribution in [-0.2, 0) is 0 Å². The van der Waals surface area contributed by atoms with Crippen LogP contribution in [0.25, 0.3) is 0 Å². The predicted molar refractivity (Wildman–Crippen MR) is 70.0 cm³/mol. The predicted octanol–water partition coefficient (Wildman–Crippen LogP) is -0.670. The summed E-state index contributed by atoms with van der Waals surface area (Å²) in [7, 11) is 0. The Bertz CT molecular complexity index is 461. The molecule has 8 heteroatoms. The van der Waals surface area contributed by atoms with Crippen molar-refractivity contribution >= 4 is 17.3 Å². The summed E-state index contributed by atoms with van der Waals surface area (Å²) in [4.78, 5) is 12.0. The van der Waals surface area contributed by atoms with Crippen molar-refractivity contribution < 1.29 is 25.7 Å². The second-order valence-electron chi connectivity index (χ2n) is 4.59. The lowest BCUT2D eigenvalue weighted by molar-refractivity contribution is -0.996. The van der Waals surface area contributed by atoms with E-state index in [4.69, 9.17) is 10.4 Å². The van der Waals surface area contributed by atoms with Crippen LogP contribution >= 0.6 is 0 Å². The lowest BCUT2D eigenvalue weighted by Gasteiger charge is -2.20. The first kappa shape index (κ1) is 16.5. The van der Waals surface area contributed by atoms with E-state index >= 15 is 0 Å². The van der Waals surface area contributed by atoms with Crippen LogP contribution in [0.2, 0.25) is 0 Å². The Kier molecular flexibility index (Phi) is 5.57. The molecular formula is C12H19N3O5. The Morgan fingerprint density at radius 1 is 1.30 bits per heavy atom. The minimum Gasteiger partial charge on any atom is -0.595 e. The van der Waals surface area contributed by atoms with Crippen LogP contribution in [0.3, 0.4) is 0 Å². The molecule has 1 amide bonds. The minimum atomic E-state index is -1.26. The number of carbonyl (C=O) groups excluding carboxylic acids is 1. The van der Waals surface area contributed by atoms with Gasteiger partial charge in [0.15, 0.2) is 11.4 Å². The second kappa shape index (κ2) is 6.75. The maximum atomic E-state index is 12.0. The standard InChI is InChI=1S/C12H19N3O5/c1-4-7(2)13-12(16)9-5-10(14(17)18)8(3)11(6-9)15(19)20/h5-7,14-15,17,19H,4H2,1-3H3,(H,13,16)/t7-/m0/s1. The van der Waals surface area contributed by atoms with Crippen molar-refractivity contribution in [3.05, 3.63) is 33.7 Å². The smallest absolute Gasteiger partial charge is 0.251 e. The third kappa shape index (κ3) is 3.73. The number of hydrogen-bond acceptors (Lipinski definition) is 5. The van der Waals surface area contributed by atoms with Crippen molar-refractivity contribution in [1.29, 1.82) is 0 Å². The molecule has 0 aliphatic heterocycles. The summed E-state index contributed by atoms with van der Waals surface area (Å²) in [5, 5.41) is 40.6. The summed E-state index contributed by atoms with van der Waals surface area (Å²) in [6.07, 6.45) is 0.717. The number of nitrogens with one attached hydrogen (secondary N) is 3. The van der Waals surface area contributed by atoms with Gasteiger partial charge in [-0.05, 0) is 20.3 Å². The fourth-order valence-corrected chi connectivity index (χ4v) is 1.70.